The van der Waals surface area contributed by atoms with Crippen LogP contribution >= 0.6 is 12.2 Å². The van der Waals surface area contributed by atoms with Crippen molar-refractivity contribution in [3.8, 4) is 6.01 Å². The molecule has 0 unspecified atom stereocenters. The van der Waals surface area contributed by atoms with Crippen LogP contribution in [0.15, 0.2) is 6.07 Å². The Bertz CT molecular complexity index is 379. The summed E-state index contributed by atoms with van der Waals surface area (Å²) in [6.45, 7) is 9.42. The summed E-state index contributed by atoms with van der Waals surface area (Å²) in [5, 5.41) is 0.0394. The molecule has 0 atom stereocenters. The highest BCUT2D eigenvalue weighted by atomic mass is 32.1. The van der Waals surface area contributed by atoms with Gasteiger partial charge in [-0.05, 0) is 40.7 Å². The first-order chi connectivity index (χ1) is 7.26. The lowest BCUT2D eigenvalue weighted by molar-refractivity contribution is 0.0901. The van der Waals surface area contributed by atoms with Crippen molar-refractivity contribution in [2.24, 2.45) is 0 Å². The van der Waals surface area contributed by atoms with Gasteiger partial charge in [0.1, 0.15) is 5.60 Å². The molecule has 0 saturated heterocycles. The molecule has 0 bridgehead atoms. The summed E-state index contributed by atoms with van der Waals surface area (Å²) < 4.78 is 10.6. The van der Waals surface area contributed by atoms with E-state index in [-0.39, 0.29) is 16.8 Å². The molecule has 0 N–H and O–H groups in total. The Balaban J connectivity index is 2.70. The van der Waals surface area contributed by atoms with E-state index in [1.165, 1.54) is 0 Å². The Morgan fingerprint density at radius 1 is 1.19 bits per heavy atom. The number of hydrogen-bond donors (Lipinski definition) is 0. The predicted octanol–water partition coefficient (Wildman–Crippen LogP) is 2.57. The van der Waals surface area contributed by atoms with E-state index in [0.29, 0.717) is 0 Å². The first-order valence-corrected chi connectivity index (χ1v) is 5.40. The smallest absolute Gasteiger partial charge is 0.360 e. The van der Waals surface area contributed by atoms with Gasteiger partial charge in [0.25, 0.3) is 0 Å². The van der Waals surface area contributed by atoms with E-state index >= 15 is 0 Å². The molecule has 0 amide bonds. The van der Waals surface area contributed by atoms with Gasteiger partial charge < -0.3 is 9.47 Å². The van der Waals surface area contributed by atoms with E-state index in [2.05, 4.69) is 9.97 Å². The number of hydrogen-bond acceptors (Lipinski definition) is 5. The lowest BCUT2D eigenvalue weighted by Crippen LogP contribution is -2.26. The van der Waals surface area contributed by atoms with Gasteiger partial charge in [0, 0.05) is 23.6 Å². The van der Waals surface area contributed by atoms with Gasteiger partial charge in [-0.25, -0.2) is 9.97 Å². The molecular formula is C11H16N2O2S. The maximum absolute atomic E-state index is 5.35. The van der Waals surface area contributed by atoms with Gasteiger partial charge in [0.2, 0.25) is 0 Å². The fourth-order valence-electron chi connectivity index (χ4n) is 1.08. The molecule has 5 heteroatoms. The van der Waals surface area contributed by atoms with Gasteiger partial charge in [-0.3, -0.25) is 0 Å². The fraction of sp³-hybridized carbons (Fsp3) is 0.545. The zero-order valence-electron chi connectivity index (χ0n) is 10.2. The molecular weight excluding hydrogens is 224 g/mol. The van der Waals surface area contributed by atoms with Crippen LogP contribution in [0.25, 0.3) is 0 Å². The van der Waals surface area contributed by atoms with Gasteiger partial charge in [0.05, 0.1) is 0 Å². The van der Waals surface area contributed by atoms with Gasteiger partial charge in [0.15, 0.2) is 0 Å². The van der Waals surface area contributed by atoms with Crippen molar-refractivity contribution >= 4 is 17.5 Å². The number of aromatic nitrogens is 2. The predicted molar refractivity (Wildman–Crippen MR) is 65.6 cm³/mol. The largest absolute Gasteiger partial charge is 0.451 e. The maximum Gasteiger partial charge on any atom is 0.360 e. The minimum absolute atomic E-state index is 0.0394. The summed E-state index contributed by atoms with van der Waals surface area (Å²) in [6.07, 6.45) is 0. The van der Waals surface area contributed by atoms with Crippen molar-refractivity contribution in [1.82, 2.24) is 9.97 Å². The Morgan fingerprint density at radius 2 is 1.69 bits per heavy atom. The van der Waals surface area contributed by atoms with Crippen molar-refractivity contribution in [3.05, 3.63) is 17.5 Å². The van der Waals surface area contributed by atoms with Crippen molar-refractivity contribution in [2.75, 3.05) is 0 Å². The van der Waals surface area contributed by atoms with Gasteiger partial charge in [-0.2, -0.15) is 0 Å². The fourth-order valence-corrected chi connectivity index (χ4v) is 1.41. The number of ether oxygens (including phenoxy) is 2. The van der Waals surface area contributed by atoms with Crippen LogP contribution in [0, 0.1) is 13.8 Å². The second kappa shape index (κ2) is 4.74. The Labute approximate surface area is 101 Å². The van der Waals surface area contributed by atoms with Crippen LogP contribution in [0.4, 0.5) is 0 Å². The van der Waals surface area contributed by atoms with Crippen LogP contribution in [-0.4, -0.2) is 20.8 Å². The molecule has 16 heavy (non-hydrogen) atoms. The lowest BCUT2D eigenvalue weighted by atomic mass is 10.2. The van der Waals surface area contributed by atoms with E-state index in [1.807, 2.05) is 40.7 Å². The SMILES string of the molecule is Cc1cc(C)nc(OC(=S)OC(C)(C)C)n1. The summed E-state index contributed by atoms with van der Waals surface area (Å²) in [5.41, 5.74) is 1.29. The molecule has 1 aromatic rings. The Kier molecular flexibility index (Phi) is 3.80. The normalized spacial score (nSPS) is 11.1. The quantitative estimate of drug-likeness (QED) is 0.706. The maximum atomic E-state index is 5.35. The topological polar surface area (TPSA) is 44.2 Å². The van der Waals surface area contributed by atoms with Gasteiger partial charge >= 0.3 is 11.2 Å². The molecule has 0 aliphatic heterocycles. The number of rotatable bonds is 1. The third-order valence-corrected chi connectivity index (χ3v) is 1.69. The van der Waals surface area contributed by atoms with Crippen molar-refractivity contribution < 1.29 is 9.47 Å². The van der Waals surface area contributed by atoms with Crippen molar-refractivity contribution in [1.29, 1.82) is 0 Å². The summed E-state index contributed by atoms with van der Waals surface area (Å²) in [7, 11) is 0. The van der Waals surface area contributed by atoms with E-state index < -0.39 is 0 Å². The average molecular weight is 240 g/mol. The van der Waals surface area contributed by atoms with Crippen LogP contribution in [0.3, 0.4) is 0 Å². The molecule has 4 nitrogen and oxygen atoms in total. The van der Waals surface area contributed by atoms with Crippen LogP contribution in [0.2, 0.25) is 0 Å². The van der Waals surface area contributed by atoms with Crippen LogP contribution in [-0.2, 0) is 4.74 Å². The highest BCUT2D eigenvalue weighted by molar-refractivity contribution is 7.79. The first-order valence-electron chi connectivity index (χ1n) is 4.99. The third-order valence-electron chi connectivity index (χ3n) is 1.53. The number of aryl methyl sites for hydroxylation is 2. The second-order valence-corrected chi connectivity index (χ2v) is 4.83. The van der Waals surface area contributed by atoms with Crippen molar-refractivity contribution in [3.63, 3.8) is 0 Å². The van der Waals surface area contributed by atoms with Crippen LogP contribution in [0.5, 0.6) is 6.01 Å². The summed E-state index contributed by atoms with van der Waals surface area (Å²) >= 11 is 4.95. The highest BCUT2D eigenvalue weighted by Gasteiger charge is 2.16. The zero-order chi connectivity index (χ0) is 12.3. The summed E-state index contributed by atoms with van der Waals surface area (Å²) in [5.74, 6) is 0. The molecule has 0 aromatic carbocycles. The van der Waals surface area contributed by atoms with E-state index in [9.17, 15) is 0 Å². The van der Waals surface area contributed by atoms with Gasteiger partial charge in [-0.15, -0.1) is 0 Å². The van der Waals surface area contributed by atoms with E-state index in [4.69, 9.17) is 21.7 Å². The summed E-state index contributed by atoms with van der Waals surface area (Å²) in [6, 6.07) is 2.09. The molecule has 1 heterocycles. The molecule has 1 rings (SSSR count). The molecule has 0 saturated carbocycles. The van der Waals surface area contributed by atoms with Crippen LogP contribution in [0.1, 0.15) is 32.2 Å². The third kappa shape index (κ3) is 4.53. The minimum atomic E-state index is -0.379. The minimum Gasteiger partial charge on any atom is -0.451 e. The standard InChI is InChI=1S/C11H16N2O2S/c1-7-6-8(2)13-9(12-7)14-10(16)15-11(3,4)5/h6H,1-5H3. The van der Waals surface area contributed by atoms with Gasteiger partial charge in [-0.1, -0.05) is 0 Å². The molecule has 0 aliphatic rings. The lowest BCUT2D eigenvalue weighted by Gasteiger charge is -2.20. The van der Waals surface area contributed by atoms with Crippen molar-refractivity contribution in [2.45, 2.75) is 40.2 Å². The molecule has 0 aliphatic carbocycles. The molecule has 88 valence electrons. The molecule has 0 fully saturated rings. The van der Waals surface area contributed by atoms with E-state index in [1.54, 1.807) is 0 Å². The first kappa shape index (κ1) is 12.8. The zero-order valence-corrected chi connectivity index (χ0v) is 11.0. The Morgan fingerprint density at radius 3 is 2.12 bits per heavy atom. The monoisotopic (exact) mass is 240 g/mol. The molecule has 0 spiro atoms. The highest BCUT2D eigenvalue weighted by Crippen LogP contribution is 2.11. The number of nitrogens with zero attached hydrogens (tertiary/aromatic N) is 2. The summed E-state index contributed by atoms with van der Waals surface area (Å²) in [4.78, 5) is 8.21. The van der Waals surface area contributed by atoms with Crippen LogP contribution < -0.4 is 4.74 Å². The van der Waals surface area contributed by atoms with E-state index in [0.717, 1.165) is 11.4 Å². The molecule has 0 radical (unpaired) electrons. The number of thiocarbonyl (C=S) groups is 1. The average Bonchev–Trinajstić information content (AvgIpc) is 1.96. The second-order valence-electron chi connectivity index (χ2n) is 4.50. The molecule has 1 aromatic heterocycles. The Hall–Kier alpha value is -1.23.